The van der Waals surface area contributed by atoms with E-state index in [2.05, 4.69) is 15.8 Å². The maximum atomic E-state index is 12.0. The van der Waals surface area contributed by atoms with Gasteiger partial charge in [0.2, 0.25) is 0 Å². The van der Waals surface area contributed by atoms with Crippen LogP contribution in [0.25, 0.3) is 0 Å². The van der Waals surface area contributed by atoms with Gasteiger partial charge >= 0.3 is 0 Å². The number of rotatable bonds is 8. The molecule has 0 radical (unpaired) electrons. The zero-order valence-corrected chi connectivity index (χ0v) is 15.3. The first kappa shape index (κ1) is 19.8. The van der Waals surface area contributed by atoms with Crippen molar-refractivity contribution in [3.05, 3.63) is 53.6 Å². The number of nitrogens with one attached hydrogen (secondary N) is 2. The monoisotopic (exact) mass is 371 g/mol. The molecule has 2 aromatic rings. The summed E-state index contributed by atoms with van der Waals surface area (Å²) in [4.78, 5) is 23.8. The first-order valence-electron chi connectivity index (χ1n) is 8.03. The van der Waals surface area contributed by atoms with Crippen molar-refractivity contribution >= 4 is 18.0 Å². The summed E-state index contributed by atoms with van der Waals surface area (Å²) in [7, 11) is 4.60. The van der Waals surface area contributed by atoms with Crippen LogP contribution in [0, 0.1) is 0 Å². The van der Waals surface area contributed by atoms with Crippen LogP contribution in [0.5, 0.6) is 17.2 Å². The van der Waals surface area contributed by atoms with Gasteiger partial charge in [-0.2, -0.15) is 5.10 Å². The average Bonchev–Trinajstić information content (AvgIpc) is 2.71. The van der Waals surface area contributed by atoms with Gasteiger partial charge in [-0.25, -0.2) is 5.43 Å². The first-order valence-corrected chi connectivity index (χ1v) is 8.03. The Kier molecular flexibility index (Phi) is 7.18. The number of methoxy groups -OCH3 is 3. The fraction of sp³-hybridized carbons (Fsp3) is 0.211. The molecule has 2 aromatic carbocycles. The summed E-state index contributed by atoms with van der Waals surface area (Å²) >= 11 is 0. The minimum atomic E-state index is -0.456. The van der Waals surface area contributed by atoms with E-state index in [-0.39, 0.29) is 12.5 Å². The molecule has 8 heteroatoms. The highest BCUT2D eigenvalue weighted by Crippen LogP contribution is 2.26. The molecule has 2 N–H and O–H groups in total. The predicted octanol–water partition coefficient (Wildman–Crippen LogP) is 1.59. The standard InChI is InChI=1S/C19H21N3O5/c1-25-15-6-4-5-14(10-15)19(24)20-12-18(23)22-21-11-13-7-8-16(26-2)17(9-13)27-3/h4-11H,12H2,1-3H3,(H,20,24)(H,22,23)/b21-11+. The third kappa shape index (κ3) is 5.74. The van der Waals surface area contributed by atoms with Crippen LogP contribution in [0.4, 0.5) is 0 Å². The normalized spacial score (nSPS) is 10.3. The molecule has 0 heterocycles. The molecule has 0 saturated carbocycles. The van der Waals surface area contributed by atoms with Gasteiger partial charge in [0.15, 0.2) is 11.5 Å². The van der Waals surface area contributed by atoms with Crippen molar-refractivity contribution in [1.82, 2.24) is 10.7 Å². The van der Waals surface area contributed by atoms with Gasteiger partial charge in [0.05, 0.1) is 34.1 Å². The summed E-state index contributed by atoms with van der Waals surface area (Å²) in [5, 5.41) is 6.37. The molecule has 0 aliphatic rings. The Labute approximate surface area is 157 Å². The van der Waals surface area contributed by atoms with Crippen LogP contribution >= 0.6 is 0 Å². The molecule has 27 heavy (non-hydrogen) atoms. The van der Waals surface area contributed by atoms with Crippen molar-refractivity contribution in [3.8, 4) is 17.2 Å². The molecule has 0 atom stereocenters. The molecule has 0 bridgehead atoms. The lowest BCUT2D eigenvalue weighted by Gasteiger charge is -2.07. The molecule has 0 aliphatic carbocycles. The highest BCUT2D eigenvalue weighted by molar-refractivity contribution is 5.96. The van der Waals surface area contributed by atoms with Crippen molar-refractivity contribution in [2.24, 2.45) is 5.10 Å². The van der Waals surface area contributed by atoms with Crippen molar-refractivity contribution in [3.63, 3.8) is 0 Å². The van der Waals surface area contributed by atoms with Crippen LogP contribution in [0.2, 0.25) is 0 Å². The molecule has 2 rings (SSSR count). The number of hydrogen-bond acceptors (Lipinski definition) is 6. The molecular weight excluding hydrogens is 350 g/mol. The van der Waals surface area contributed by atoms with Crippen molar-refractivity contribution in [2.75, 3.05) is 27.9 Å². The lowest BCUT2D eigenvalue weighted by molar-refractivity contribution is -0.120. The number of ether oxygens (including phenoxy) is 3. The quantitative estimate of drug-likeness (QED) is 0.542. The number of nitrogens with zero attached hydrogens (tertiary/aromatic N) is 1. The van der Waals surface area contributed by atoms with Crippen LogP contribution in [-0.4, -0.2) is 45.9 Å². The van der Waals surface area contributed by atoms with Crippen molar-refractivity contribution < 1.29 is 23.8 Å². The molecule has 142 valence electrons. The third-order valence-corrected chi connectivity index (χ3v) is 3.55. The fourth-order valence-corrected chi connectivity index (χ4v) is 2.18. The van der Waals surface area contributed by atoms with Crippen molar-refractivity contribution in [1.29, 1.82) is 0 Å². The maximum absolute atomic E-state index is 12.0. The summed E-state index contributed by atoms with van der Waals surface area (Å²) in [5.41, 5.74) is 3.46. The molecule has 0 aliphatic heterocycles. The van der Waals surface area contributed by atoms with Crippen LogP contribution in [0.1, 0.15) is 15.9 Å². The Morgan fingerprint density at radius 1 is 1.00 bits per heavy atom. The van der Waals surface area contributed by atoms with E-state index in [4.69, 9.17) is 14.2 Å². The second-order valence-corrected chi connectivity index (χ2v) is 5.32. The third-order valence-electron chi connectivity index (χ3n) is 3.55. The Balaban J connectivity index is 1.85. The summed E-state index contributed by atoms with van der Waals surface area (Å²) in [6.45, 7) is -0.209. The molecule has 0 fully saturated rings. The van der Waals surface area contributed by atoms with Gasteiger partial charge in [-0.05, 0) is 42.0 Å². The lowest BCUT2D eigenvalue weighted by Crippen LogP contribution is -2.34. The van der Waals surface area contributed by atoms with Crippen LogP contribution in [0.3, 0.4) is 0 Å². The summed E-state index contributed by atoms with van der Waals surface area (Å²) < 4.78 is 15.4. The fourth-order valence-electron chi connectivity index (χ4n) is 2.18. The number of carbonyl (C=O) groups excluding carboxylic acids is 2. The Morgan fingerprint density at radius 2 is 1.78 bits per heavy atom. The molecule has 8 nitrogen and oxygen atoms in total. The van der Waals surface area contributed by atoms with E-state index in [1.165, 1.54) is 20.4 Å². The summed E-state index contributed by atoms with van der Waals surface area (Å²) in [5.74, 6) is 0.875. The first-order chi connectivity index (χ1) is 13.1. The van der Waals surface area contributed by atoms with Crippen LogP contribution in [-0.2, 0) is 4.79 Å². The van der Waals surface area contributed by atoms with E-state index >= 15 is 0 Å². The highest BCUT2D eigenvalue weighted by atomic mass is 16.5. The second-order valence-electron chi connectivity index (χ2n) is 5.32. The lowest BCUT2D eigenvalue weighted by atomic mass is 10.2. The summed E-state index contributed by atoms with van der Waals surface area (Å²) in [6.07, 6.45) is 1.46. The SMILES string of the molecule is COc1cccc(C(=O)NCC(=O)N/N=C/c2ccc(OC)c(OC)c2)c1. The van der Waals surface area contributed by atoms with E-state index in [1.807, 2.05) is 0 Å². The Hall–Kier alpha value is -3.55. The van der Waals surface area contributed by atoms with Gasteiger partial charge < -0.3 is 19.5 Å². The molecule has 0 saturated heterocycles. The zero-order valence-electron chi connectivity index (χ0n) is 15.3. The van der Waals surface area contributed by atoms with Gasteiger partial charge in [0.1, 0.15) is 5.75 Å². The van der Waals surface area contributed by atoms with Gasteiger partial charge in [-0.15, -0.1) is 0 Å². The Morgan fingerprint density at radius 3 is 2.48 bits per heavy atom. The van der Waals surface area contributed by atoms with Gasteiger partial charge in [-0.3, -0.25) is 9.59 Å². The number of benzene rings is 2. The van der Waals surface area contributed by atoms with Crippen molar-refractivity contribution in [2.45, 2.75) is 0 Å². The van der Waals surface area contributed by atoms with E-state index < -0.39 is 5.91 Å². The molecule has 2 amide bonds. The largest absolute Gasteiger partial charge is 0.497 e. The topological polar surface area (TPSA) is 98.2 Å². The predicted molar refractivity (Wildman–Crippen MR) is 101 cm³/mol. The summed E-state index contributed by atoms with van der Waals surface area (Å²) in [6, 6.07) is 11.9. The maximum Gasteiger partial charge on any atom is 0.259 e. The Bertz CT molecular complexity index is 836. The molecule has 0 unspecified atom stereocenters. The number of amides is 2. The van der Waals surface area contributed by atoms with Gasteiger partial charge in [0, 0.05) is 5.56 Å². The number of hydrazone groups is 1. The molecule has 0 aromatic heterocycles. The smallest absolute Gasteiger partial charge is 0.259 e. The van der Waals surface area contributed by atoms with E-state index in [0.29, 0.717) is 28.4 Å². The van der Waals surface area contributed by atoms with Crippen LogP contribution in [0.15, 0.2) is 47.6 Å². The molecule has 0 spiro atoms. The zero-order chi connectivity index (χ0) is 19.6. The molecular formula is C19H21N3O5. The number of hydrogen-bond donors (Lipinski definition) is 2. The van der Waals surface area contributed by atoms with E-state index in [9.17, 15) is 9.59 Å². The second kappa shape index (κ2) is 9.81. The van der Waals surface area contributed by atoms with Crippen LogP contribution < -0.4 is 25.0 Å². The highest BCUT2D eigenvalue weighted by Gasteiger charge is 2.08. The number of carbonyl (C=O) groups is 2. The average molecular weight is 371 g/mol. The van der Waals surface area contributed by atoms with Gasteiger partial charge in [0.25, 0.3) is 11.8 Å². The van der Waals surface area contributed by atoms with E-state index in [1.54, 1.807) is 49.6 Å². The van der Waals surface area contributed by atoms with Gasteiger partial charge in [-0.1, -0.05) is 6.07 Å². The minimum Gasteiger partial charge on any atom is -0.497 e. The minimum absolute atomic E-state index is 0.209. The van der Waals surface area contributed by atoms with E-state index in [0.717, 1.165) is 0 Å².